The molecule has 0 saturated heterocycles. The molecule has 0 radical (unpaired) electrons. The zero-order chi connectivity index (χ0) is 11.3. The van der Waals surface area contributed by atoms with Crippen LogP contribution < -0.4 is 0 Å². The van der Waals surface area contributed by atoms with Crippen LogP contribution in [0.4, 0.5) is 0 Å². The monoisotopic (exact) mass is 215 g/mol. The fraction of sp³-hybridized carbons (Fsp3) is 0.909. The summed E-state index contributed by atoms with van der Waals surface area (Å²) in [6.07, 6.45) is 4.41. The molecule has 0 atom stereocenters. The predicted molar refractivity (Wildman–Crippen MR) is 58.3 cm³/mol. The smallest absolute Gasteiger partial charge is 0.0613 e. The lowest BCUT2D eigenvalue weighted by Crippen LogP contribution is -2.26. The molecule has 4 nitrogen and oxygen atoms in total. The molecule has 88 valence electrons. The largest absolute Gasteiger partial charge is 0.411 e. The van der Waals surface area contributed by atoms with Gasteiger partial charge in [0.05, 0.1) is 17.4 Å². The van der Waals surface area contributed by atoms with Crippen molar-refractivity contribution in [2.24, 2.45) is 5.16 Å². The molecule has 0 bridgehead atoms. The first kappa shape index (κ1) is 12.5. The second-order valence-corrected chi connectivity index (χ2v) is 4.80. The highest BCUT2D eigenvalue weighted by Gasteiger charge is 2.19. The molecule has 1 rings (SSSR count). The van der Waals surface area contributed by atoms with Gasteiger partial charge in [-0.3, -0.25) is 0 Å². The lowest BCUT2D eigenvalue weighted by molar-refractivity contribution is -0.00787. The van der Waals surface area contributed by atoms with E-state index in [-0.39, 0.29) is 6.10 Å². The van der Waals surface area contributed by atoms with Gasteiger partial charge in [-0.05, 0) is 46.0 Å². The average molecular weight is 215 g/mol. The van der Waals surface area contributed by atoms with Gasteiger partial charge in [-0.2, -0.15) is 0 Å². The maximum atomic E-state index is 9.50. The van der Waals surface area contributed by atoms with Crippen LogP contribution in [0.1, 0.15) is 46.0 Å². The third kappa shape index (κ3) is 5.14. The minimum Gasteiger partial charge on any atom is -0.411 e. The number of hydrogen-bond acceptors (Lipinski definition) is 4. The molecule has 0 aromatic carbocycles. The van der Waals surface area contributed by atoms with E-state index in [1.54, 1.807) is 13.8 Å². The van der Waals surface area contributed by atoms with Crippen LogP contribution in [0.15, 0.2) is 5.16 Å². The quantitative estimate of drug-likeness (QED) is 0.556. The van der Waals surface area contributed by atoms with E-state index in [0.29, 0.717) is 13.0 Å². The molecule has 1 fully saturated rings. The average Bonchev–Trinajstić information content (AvgIpc) is 2.17. The SMILES string of the molecule is CC(C)(O)CCOC1CCC(=NO)CC1. The van der Waals surface area contributed by atoms with E-state index in [1.807, 2.05) is 0 Å². The van der Waals surface area contributed by atoms with Crippen molar-refractivity contribution in [2.45, 2.75) is 57.7 Å². The number of oxime groups is 1. The van der Waals surface area contributed by atoms with Crippen LogP contribution >= 0.6 is 0 Å². The zero-order valence-corrected chi connectivity index (χ0v) is 9.57. The first-order valence-electron chi connectivity index (χ1n) is 5.55. The molecule has 15 heavy (non-hydrogen) atoms. The number of rotatable bonds is 4. The molecule has 0 heterocycles. The second kappa shape index (κ2) is 5.47. The summed E-state index contributed by atoms with van der Waals surface area (Å²) in [4.78, 5) is 0. The van der Waals surface area contributed by atoms with Gasteiger partial charge >= 0.3 is 0 Å². The summed E-state index contributed by atoms with van der Waals surface area (Å²) in [7, 11) is 0. The van der Waals surface area contributed by atoms with Crippen molar-refractivity contribution in [1.29, 1.82) is 0 Å². The maximum absolute atomic E-state index is 9.50. The molecule has 0 amide bonds. The van der Waals surface area contributed by atoms with Crippen molar-refractivity contribution in [2.75, 3.05) is 6.61 Å². The Balaban J connectivity index is 2.14. The van der Waals surface area contributed by atoms with Gasteiger partial charge in [-0.15, -0.1) is 0 Å². The second-order valence-electron chi connectivity index (χ2n) is 4.80. The summed E-state index contributed by atoms with van der Waals surface area (Å²) in [6.45, 7) is 4.17. The van der Waals surface area contributed by atoms with Crippen molar-refractivity contribution < 1.29 is 15.1 Å². The van der Waals surface area contributed by atoms with Crippen LogP contribution in [0.25, 0.3) is 0 Å². The Morgan fingerprint density at radius 3 is 2.47 bits per heavy atom. The van der Waals surface area contributed by atoms with Gasteiger partial charge in [-0.1, -0.05) is 5.16 Å². The Kier molecular flexibility index (Phi) is 4.54. The highest BCUT2D eigenvalue weighted by Crippen LogP contribution is 2.19. The van der Waals surface area contributed by atoms with Crippen LogP contribution in [0.5, 0.6) is 0 Å². The normalized spacial score (nSPS) is 22.9. The highest BCUT2D eigenvalue weighted by molar-refractivity contribution is 5.84. The third-order valence-electron chi connectivity index (χ3n) is 2.72. The Labute approximate surface area is 90.9 Å². The fourth-order valence-electron chi connectivity index (χ4n) is 1.67. The first-order valence-corrected chi connectivity index (χ1v) is 5.55. The van der Waals surface area contributed by atoms with Crippen molar-refractivity contribution in [3.63, 3.8) is 0 Å². The number of hydrogen-bond donors (Lipinski definition) is 2. The molecule has 1 saturated carbocycles. The Morgan fingerprint density at radius 2 is 2.00 bits per heavy atom. The van der Waals surface area contributed by atoms with Gasteiger partial charge < -0.3 is 15.1 Å². The molecule has 0 spiro atoms. The first-order chi connectivity index (χ1) is 7.01. The van der Waals surface area contributed by atoms with Crippen molar-refractivity contribution >= 4 is 5.71 Å². The standard InChI is InChI=1S/C11H21NO3/c1-11(2,13)7-8-15-10-5-3-9(12-14)4-6-10/h10,13-14H,3-8H2,1-2H3. The van der Waals surface area contributed by atoms with Gasteiger partial charge in [0.2, 0.25) is 0 Å². The summed E-state index contributed by atoms with van der Waals surface area (Å²) in [6, 6.07) is 0. The topological polar surface area (TPSA) is 62.0 Å². The third-order valence-corrected chi connectivity index (χ3v) is 2.72. The summed E-state index contributed by atoms with van der Waals surface area (Å²) >= 11 is 0. The van der Waals surface area contributed by atoms with Crippen LogP contribution in [0.3, 0.4) is 0 Å². The minimum absolute atomic E-state index is 0.262. The summed E-state index contributed by atoms with van der Waals surface area (Å²) < 4.78 is 5.66. The summed E-state index contributed by atoms with van der Waals surface area (Å²) in [5.74, 6) is 0. The van der Waals surface area contributed by atoms with Crippen LogP contribution in [-0.4, -0.2) is 34.3 Å². The Bertz CT molecular complexity index is 210. The van der Waals surface area contributed by atoms with Crippen molar-refractivity contribution in [3.8, 4) is 0 Å². The molecule has 1 aliphatic carbocycles. The van der Waals surface area contributed by atoms with Gasteiger partial charge in [-0.25, -0.2) is 0 Å². The molecule has 0 unspecified atom stereocenters. The van der Waals surface area contributed by atoms with Gasteiger partial charge in [0, 0.05) is 6.61 Å². The maximum Gasteiger partial charge on any atom is 0.0613 e. The molecule has 0 aromatic heterocycles. The molecule has 2 N–H and O–H groups in total. The van der Waals surface area contributed by atoms with E-state index in [9.17, 15) is 5.11 Å². The van der Waals surface area contributed by atoms with Crippen LogP contribution in [0.2, 0.25) is 0 Å². The summed E-state index contributed by atoms with van der Waals surface area (Å²) in [5.41, 5.74) is 0.226. The predicted octanol–water partition coefficient (Wildman–Crippen LogP) is 1.94. The molecule has 4 heteroatoms. The molecule has 0 aliphatic heterocycles. The van der Waals surface area contributed by atoms with E-state index in [2.05, 4.69) is 5.16 Å². The molecular formula is C11H21NO3. The minimum atomic E-state index is -0.646. The van der Waals surface area contributed by atoms with E-state index >= 15 is 0 Å². The van der Waals surface area contributed by atoms with E-state index in [0.717, 1.165) is 31.4 Å². The van der Waals surface area contributed by atoms with E-state index in [4.69, 9.17) is 9.94 Å². The number of ether oxygens (including phenoxy) is 1. The Morgan fingerprint density at radius 1 is 1.40 bits per heavy atom. The Hall–Kier alpha value is -0.610. The van der Waals surface area contributed by atoms with Crippen LogP contribution in [0, 0.1) is 0 Å². The van der Waals surface area contributed by atoms with Crippen molar-refractivity contribution in [3.05, 3.63) is 0 Å². The molecule has 1 aliphatic rings. The highest BCUT2D eigenvalue weighted by atomic mass is 16.5. The van der Waals surface area contributed by atoms with Gasteiger partial charge in [0.1, 0.15) is 0 Å². The zero-order valence-electron chi connectivity index (χ0n) is 9.57. The van der Waals surface area contributed by atoms with E-state index in [1.165, 1.54) is 0 Å². The lowest BCUT2D eigenvalue weighted by atomic mass is 9.96. The molecule has 0 aromatic rings. The summed E-state index contributed by atoms with van der Waals surface area (Å²) in [5, 5.41) is 21.3. The number of aliphatic hydroxyl groups is 1. The van der Waals surface area contributed by atoms with E-state index < -0.39 is 5.60 Å². The molecular weight excluding hydrogens is 194 g/mol. The number of nitrogens with zero attached hydrogens (tertiary/aromatic N) is 1. The van der Waals surface area contributed by atoms with Crippen molar-refractivity contribution in [1.82, 2.24) is 0 Å². The fourth-order valence-corrected chi connectivity index (χ4v) is 1.67. The van der Waals surface area contributed by atoms with Gasteiger partial charge in [0.25, 0.3) is 0 Å². The van der Waals surface area contributed by atoms with Crippen LogP contribution in [-0.2, 0) is 4.74 Å². The lowest BCUT2D eigenvalue weighted by Gasteiger charge is -2.24. The van der Waals surface area contributed by atoms with Gasteiger partial charge in [0.15, 0.2) is 0 Å².